The molecule has 2 aromatic carbocycles. The number of amides is 2. The van der Waals surface area contributed by atoms with Crippen molar-refractivity contribution >= 4 is 29.1 Å². The molecular weight excluding hydrogens is 342 g/mol. The van der Waals surface area contributed by atoms with Gasteiger partial charge in [0.05, 0.1) is 17.0 Å². The fourth-order valence-electron chi connectivity index (χ4n) is 3.14. The minimum atomic E-state index is -0.200. The van der Waals surface area contributed by atoms with Crippen LogP contribution >= 0.6 is 11.8 Å². The predicted molar refractivity (Wildman–Crippen MR) is 108 cm³/mol. The molecule has 0 N–H and O–H groups in total. The number of hydrogen-bond acceptors (Lipinski definition) is 3. The van der Waals surface area contributed by atoms with Crippen LogP contribution in [0.25, 0.3) is 5.57 Å². The van der Waals surface area contributed by atoms with Crippen molar-refractivity contribution in [1.82, 2.24) is 4.90 Å². The van der Waals surface area contributed by atoms with Gasteiger partial charge in [0.25, 0.3) is 11.8 Å². The Bertz CT molecular complexity index is 884. The first-order valence-electron chi connectivity index (χ1n) is 8.77. The number of imide groups is 1. The fraction of sp³-hybridized carbons (Fsp3) is 0.273. The standard InChI is InChI=1S/C22H23NO2S/c1-14(2)26-20-19(18-11-10-15(3)12-16(18)4)21(24)23(22(20)25)13-17-8-6-5-7-9-17/h5-12,14H,13H2,1-4H3. The van der Waals surface area contributed by atoms with Crippen LogP contribution in [-0.2, 0) is 16.1 Å². The van der Waals surface area contributed by atoms with Gasteiger partial charge >= 0.3 is 0 Å². The van der Waals surface area contributed by atoms with E-state index < -0.39 is 0 Å². The Kier molecular flexibility index (Phi) is 5.33. The van der Waals surface area contributed by atoms with E-state index in [1.165, 1.54) is 16.7 Å². The van der Waals surface area contributed by atoms with Crippen molar-refractivity contribution in [3.63, 3.8) is 0 Å². The number of carbonyl (C=O) groups excluding carboxylic acids is 2. The van der Waals surface area contributed by atoms with E-state index in [1.807, 2.05) is 70.2 Å². The lowest BCUT2D eigenvalue weighted by Crippen LogP contribution is -2.31. The van der Waals surface area contributed by atoms with E-state index in [2.05, 4.69) is 6.07 Å². The van der Waals surface area contributed by atoms with Crippen molar-refractivity contribution in [2.24, 2.45) is 0 Å². The average molecular weight is 365 g/mol. The summed E-state index contributed by atoms with van der Waals surface area (Å²) in [6.07, 6.45) is 0. The normalized spacial score (nSPS) is 14.7. The second kappa shape index (κ2) is 7.50. The lowest BCUT2D eigenvalue weighted by Gasteiger charge is -2.15. The molecule has 1 heterocycles. The Morgan fingerprint density at radius 2 is 1.65 bits per heavy atom. The third kappa shape index (κ3) is 3.61. The summed E-state index contributed by atoms with van der Waals surface area (Å²) in [5.41, 5.74) is 4.51. The zero-order chi connectivity index (χ0) is 18.8. The minimum Gasteiger partial charge on any atom is -0.269 e. The van der Waals surface area contributed by atoms with Gasteiger partial charge < -0.3 is 0 Å². The Morgan fingerprint density at radius 1 is 0.962 bits per heavy atom. The van der Waals surface area contributed by atoms with E-state index >= 15 is 0 Å². The maximum Gasteiger partial charge on any atom is 0.268 e. The van der Waals surface area contributed by atoms with Gasteiger partial charge in [-0.15, -0.1) is 11.8 Å². The van der Waals surface area contributed by atoms with Crippen LogP contribution in [0.3, 0.4) is 0 Å². The maximum absolute atomic E-state index is 13.2. The van der Waals surface area contributed by atoms with Crippen molar-refractivity contribution in [2.75, 3.05) is 0 Å². The molecule has 0 saturated carbocycles. The van der Waals surface area contributed by atoms with Gasteiger partial charge in [0, 0.05) is 5.25 Å². The van der Waals surface area contributed by atoms with E-state index in [9.17, 15) is 9.59 Å². The maximum atomic E-state index is 13.2. The summed E-state index contributed by atoms with van der Waals surface area (Å²) in [5, 5.41) is 0.221. The highest BCUT2D eigenvalue weighted by Gasteiger charge is 2.39. The van der Waals surface area contributed by atoms with E-state index in [-0.39, 0.29) is 17.1 Å². The molecule has 2 amide bonds. The highest BCUT2D eigenvalue weighted by atomic mass is 32.2. The first kappa shape index (κ1) is 18.5. The number of thioether (sulfide) groups is 1. The van der Waals surface area contributed by atoms with Crippen molar-refractivity contribution in [3.8, 4) is 0 Å². The fourth-order valence-corrected chi connectivity index (χ4v) is 4.14. The molecule has 1 aliphatic heterocycles. The SMILES string of the molecule is Cc1ccc(C2=C(SC(C)C)C(=O)N(Cc3ccccc3)C2=O)c(C)c1. The summed E-state index contributed by atoms with van der Waals surface area (Å²) in [5.74, 6) is -0.388. The molecule has 26 heavy (non-hydrogen) atoms. The number of nitrogens with zero attached hydrogens (tertiary/aromatic N) is 1. The van der Waals surface area contributed by atoms with Gasteiger partial charge in [-0.2, -0.15) is 0 Å². The number of hydrogen-bond donors (Lipinski definition) is 0. The van der Waals surface area contributed by atoms with Crippen LogP contribution in [0.1, 0.15) is 36.1 Å². The molecule has 4 heteroatoms. The van der Waals surface area contributed by atoms with E-state index in [0.717, 1.165) is 22.3 Å². The zero-order valence-electron chi connectivity index (χ0n) is 15.6. The molecule has 3 nitrogen and oxygen atoms in total. The molecule has 3 rings (SSSR count). The molecule has 0 saturated heterocycles. The molecule has 0 aromatic heterocycles. The zero-order valence-corrected chi connectivity index (χ0v) is 16.4. The first-order valence-corrected chi connectivity index (χ1v) is 9.65. The quantitative estimate of drug-likeness (QED) is 0.719. The molecule has 0 radical (unpaired) electrons. The Labute approximate surface area is 159 Å². The number of rotatable bonds is 5. The van der Waals surface area contributed by atoms with Crippen LogP contribution in [-0.4, -0.2) is 22.0 Å². The van der Waals surface area contributed by atoms with Gasteiger partial charge in [-0.25, -0.2) is 0 Å². The molecule has 2 aromatic rings. The Morgan fingerprint density at radius 3 is 2.27 bits per heavy atom. The van der Waals surface area contributed by atoms with Crippen LogP contribution < -0.4 is 0 Å². The summed E-state index contributed by atoms with van der Waals surface area (Å²) in [7, 11) is 0. The van der Waals surface area contributed by atoms with Crippen molar-refractivity contribution < 1.29 is 9.59 Å². The second-order valence-corrected chi connectivity index (χ2v) is 8.46. The molecule has 0 atom stereocenters. The lowest BCUT2D eigenvalue weighted by molar-refractivity contribution is -0.137. The molecule has 0 spiro atoms. The average Bonchev–Trinajstić information content (AvgIpc) is 2.80. The van der Waals surface area contributed by atoms with Gasteiger partial charge in [-0.05, 0) is 30.5 Å². The molecule has 0 unspecified atom stereocenters. The third-order valence-corrected chi connectivity index (χ3v) is 5.40. The van der Waals surface area contributed by atoms with Crippen molar-refractivity contribution in [1.29, 1.82) is 0 Å². The highest BCUT2D eigenvalue weighted by molar-refractivity contribution is 8.04. The predicted octanol–water partition coefficient (Wildman–Crippen LogP) is 4.73. The Balaban J connectivity index is 2.04. The van der Waals surface area contributed by atoms with Gasteiger partial charge in [0.15, 0.2) is 0 Å². The molecule has 1 aliphatic rings. The number of aryl methyl sites for hydroxylation is 2. The monoisotopic (exact) mass is 365 g/mol. The number of benzene rings is 2. The van der Waals surface area contributed by atoms with E-state index in [1.54, 1.807) is 0 Å². The largest absolute Gasteiger partial charge is 0.269 e. The van der Waals surface area contributed by atoms with Crippen LogP contribution in [0.15, 0.2) is 53.4 Å². The molecule has 0 aliphatic carbocycles. The summed E-state index contributed by atoms with van der Waals surface area (Å²) >= 11 is 1.47. The number of carbonyl (C=O) groups is 2. The van der Waals surface area contributed by atoms with Crippen molar-refractivity contribution in [3.05, 3.63) is 75.7 Å². The second-order valence-electron chi connectivity index (χ2n) is 6.87. The van der Waals surface area contributed by atoms with Crippen LogP contribution in [0.4, 0.5) is 0 Å². The molecule has 0 bridgehead atoms. The van der Waals surface area contributed by atoms with Crippen LogP contribution in [0, 0.1) is 13.8 Å². The molecule has 134 valence electrons. The van der Waals surface area contributed by atoms with Crippen LogP contribution in [0.2, 0.25) is 0 Å². The highest BCUT2D eigenvalue weighted by Crippen LogP contribution is 2.39. The van der Waals surface area contributed by atoms with E-state index in [4.69, 9.17) is 0 Å². The topological polar surface area (TPSA) is 37.4 Å². The van der Waals surface area contributed by atoms with Crippen LogP contribution in [0.5, 0.6) is 0 Å². The summed E-state index contributed by atoms with van der Waals surface area (Å²) in [6, 6.07) is 15.6. The van der Waals surface area contributed by atoms with Crippen molar-refractivity contribution in [2.45, 2.75) is 39.5 Å². The summed E-state index contributed by atoms with van der Waals surface area (Å²) in [6.45, 7) is 8.39. The van der Waals surface area contributed by atoms with Gasteiger partial charge in [0.1, 0.15) is 0 Å². The Hall–Kier alpha value is -2.33. The first-order chi connectivity index (χ1) is 12.4. The third-order valence-electron chi connectivity index (χ3n) is 4.31. The van der Waals surface area contributed by atoms with E-state index in [0.29, 0.717) is 17.0 Å². The molecule has 0 fully saturated rings. The summed E-state index contributed by atoms with van der Waals surface area (Å²) < 4.78 is 0. The van der Waals surface area contributed by atoms with Gasteiger partial charge in [-0.3, -0.25) is 14.5 Å². The smallest absolute Gasteiger partial charge is 0.268 e. The van der Waals surface area contributed by atoms with Gasteiger partial charge in [0.2, 0.25) is 0 Å². The minimum absolute atomic E-state index is 0.187. The summed E-state index contributed by atoms with van der Waals surface area (Å²) in [4.78, 5) is 28.2. The molecular formula is C22H23NO2S. The lowest BCUT2D eigenvalue weighted by atomic mass is 9.99. The van der Waals surface area contributed by atoms with Gasteiger partial charge in [-0.1, -0.05) is 67.9 Å².